The highest BCUT2D eigenvalue weighted by atomic mass is 35.5. The summed E-state index contributed by atoms with van der Waals surface area (Å²) in [4.78, 5) is 29.2. The standard InChI is InChI=1S/C13H9ClN2O2S2/c14-9-3-1-8(2-4-9)10-5-20-13(15-10)16-11(17)6-19-7-12(16)18/h1-5H,6-7H2. The number of benzene rings is 1. The quantitative estimate of drug-likeness (QED) is 0.797. The summed E-state index contributed by atoms with van der Waals surface area (Å²) in [6, 6.07) is 7.28. The summed E-state index contributed by atoms with van der Waals surface area (Å²) in [5.74, 6) is 0.231. The number of aromatic nitrogens is 1. The van der Waals surface area contributed by atoms with Gasteiger partial charge in [-0.15, -0.1) is 23.1 Å². The maximum absolute atomic E-state index is 11.8. The number of carbonyl (C=O) groups is 2. The normalized spacial score (nSPS) is 15.8. The van der Waals surface area contributed by atoms with Crippen molar-refractivity contribution in [3.63, 3.8) is 0 Å². The minimum Gasteiger partial charge on any atom is -0.273 e. The van der Waals surface area contributed by atoms with E-state index in [2.05, 4.69) is 4.98 Å². The fourth-order valence-electron chi connectivity index (χ4n) is 1.83. The van der Waals surface area contributed by atoms with Crippen LogP contribution < -0.4 is 4.90 Å². The van der Waals surface area contributed by atoms with Gasteiger partial charge in [0.15, 0.2) is 5.13 Å². The molecule has 3 rings (SSSR count). The van der Waals surface area contributed by atoms with Gasteiger partial charge in [0, 0.05) is 16.0 Å². The molecule has 0 N–H and O–H groups in total. The van der Waals surface area contributed by atoms with Gasteiger partial charge in [-0.1, -0.05) is 23.7 Å². The van der Waals surface area contributed by atoms with Gasteiger partial charge in [-0.05, 0) is 12.1 Å². The first kappa shape index (κ1) is 13.6. The van der Waals surface area contributed by atoms with Crippen LogP contribution in [0, 0.1) is 0 Å². The summed E-state index contributed by atoms with van der Waals surface area (Å²) < 4.78 is 0. The first-order valence-electron chi connectivity index (χ1n) is 5.80. The molecule has 0 saturated carbocycles. The Balaban J connectivity index is 1.91. The Morgan fingerprint density at radius 2 is 1.75 bits per heavy atom. The van der Waals surface area contributed by atoms with Gasteiger partial charge in [0.1, 0.15) is 0 Å². The molecule has 4 nitrogen and oxygen atoms in total. The minimum atomic E-state index is -0.205. The number of hydrogen-bond acceptors (Lipinski definition) is 5. The van der Waals surface area contributed by atoms with Crippen LogP contribution in [-0.4, -0.2) is 28.3 Å². The van der Waals surface area contributed by atoms with E-state index in [-0.39, 0.29) is 11.8 Å². The zero-order chi connectivity index (χ0) is 14.1. The Labute approximate surface area is 128 Å². The van der Waals surface area contributed by atoms with E-state index in [0.717, 1.165) is 11.3 Å². The van der Waals surface area contributed by atoms with Crippen LogP contribution in [0.1, 0.15) is 0 Å². The predicted octanol–water partition coefficient (Wildman–Crippen LogP) is 3.07. The third-order valence-corrected chi connectivity index (χ3v) is 4.75. The molecule has 1 fully saturated rings. The maximum atomic E-state index is 11.8. The van der Waals surface area contributed by atoms with E-state index in [1.807, 2.05) is 17.5 Å². The van der Waals surface area contributed by atoms with E-state index < -0.39 is 0 Å². The zero-order valence-electron chi connectivity index (χ0n) is 10.2. The molecule has 0 aliphatic carbocycles. The van der Waals surface area contributed by atoms with E-state index in [4.69, 9.17) is 11.6 Å². The Kier molecular flexibility index (Phi) is 3.78. The minimum absolute atomic E-state index is 0.205. The first-order chi connectivity index (χ1) is 9.65. The van der Waals surface area contributed by atoms with E-state index in [0.29, 0.717) is 21.7 Å². The summed E-state index contributed by atoms with van der Waals surface area (Å²) in [5.41, 5.74) is 1.64. The van der Waals surface area contributed by atoms with Crippen LogP contribution in [0.2, 0.25) is 5.02 Å². The fourth-order valence-corrected chi connectivity index (χ4v) is 3.53. The molecule has 20 heavy (non-hydrogen) atoms. The average molecular weight is 325 g/mol. The van der Waals surface area contributed by atoms with Gasteiger partial charge in [-0.3, -0.25) is 9.59 Å². The molecule has 0 bridgehead atoms. The fraction of sp³-hybridized carbons (Fsp3) is 0.154. The van der Waals surface area contributed by atoms with Crippen LogP contribution in [0.3, 0.4) is 0 Å². The zero-order valence-corrected chi connectivity index (χ0v) is 12.6. The Hall–Kier alpha value is -1.37. The number of thiazole rings is 1. The molecule has 0 spiro atoms. The van der Waals surface area contributed by atoms with Crippen molar-refractivity contribution in [2.24, 2.45) is 0 Å². The first-order valence-corrected chi connectivity index (χ1v) is 8.21. The van der Waals surface area contributed by atoms with Crippen LogP contribution >= 0.6 is 34.7 Å². The van der Waals surface area contributed by atoms with E-state index in [9.17, 15) is 9.59 Å². The SMILES string of the molecule is O=C1CSCC(=O)N1c1nc(-c2ccc(Cl)cc2)cs1. The third kappa shape index (κ3) is 2.59. The smallest absolute Gasteiger partial charge is 0.245 e. The summed E-state index contributed by atoms with van der Waals surface area (Å²) in [6.45, 7) is 0. The Morgan fingerprint density at radius 1 is 1.10 bits per heavy atom. The van der Waals surface area contributed by atoms with Gasteiger partial charge in [0.25, 0.3) is 0 Å². The molecule has 7 heteroatoms. The van der Waals surface area contributed by atoms with Crippen LogP contribution in [0.25, 0.3) is 11.3 Å². The van der Waals surface area contributed by atoms with Gasteiger partial charge < -0.3 is 0 Å². The highest BCUT2D eigenvalue weighted by Crippen LogP contribution is 2.30. The predicted molar refractivity (Wildman–Crippen MR) is 82.4 cm³/mol. The number of rotatable bonds is 2. The van der Waals surface area contributed by atoms with Crippen molar-refractivity contribution in [2.45, 2.75) is 0 Å². The van der Waals surface area contributed by atoms with Crippen molar-refractivity contribution in [3.05, 3.63) is 34.7 Å². The summed E-state index contributed by atoms with van der Waals surface area (Å²) in [6.07, 6.45) is 0. The molecule has 1 aromatic carbocycles. The number of nitrogens with zero attached hydrogens (tertiary/aromatic N) is 2. The van der Waals surface area contributed by atoms with Crippen molar-refractivity contribution in [1.82, 2.24) is 4.98 Å². The molecule has 0 atom stereocenters. The molecule has 0 radical (unpaired) electrons. The lowest BCUT2D eigenvalue weighted by Gasteiger charge is -2.21. The molecule has 2 amide bonds. The lowest BCUT2D eigenvalue weighted by molar-refractivity contribution is -0.124. The van der Waals surface area contributed by atoms with Gasteiger partial charge in [-0.2, -0.15) is 0 Å². The van der Waals surface area contributed by atoms with Crippen LogP contribution in [0.5, 0.6) is 0 Å². The second-order valence-electron chi connectivity index (χ2n) is 4.14. The number of carbonyl (C=O) groups excluding carboxylic acids is 2. The van der Waals surface area contributed by atoms with Crippen LogP contribution in [0.15, 0.2) is 29.6 Å². The highest BCUT2D eigenvalue weighted by Gasteiger charge is 2.30. The van der Waals surface area contributed by atoms with E-state index >= 15 is 0 Å². The molecular formula is C13H9ClN2O2S2. The van der Waals surface area contributed by atoms with E-state index in [1.54, 1.807) is 12.1 Å². The summed E-state index contributed by atoms with van der Waals surface area (Å²) in [7, 11) is 0. The van der Waals surface area contributed by atoms with Gasteiger partial charge in [-0.25, -0.2) is 9.88 Å². The van der Waals surface area contributed by atoms with Crippen molar-refractivity contribution in [1.29, 1.82) is 0 Å². The van der Waals surface area contributed by atoms with Gasteiger partial charge in [0.05, 0.1) is 17.2 Å². The molecule has 0 unspecified atom stereocenters. The van der Waals surface area contributed by atoms with E-state index in [1.165, 1.54) is 28.0 Å². The number of thioether (sulfide) groups is 1. The van der Waals surface area contributed by atoms with Crippen molar-refractivity contribution in [3.8, 4) is 11.3 Å². The molecule has 1 aliphatic heterocycles. The topological polar surface area (TPSA) is 50.3 Å². The lowest BCUT2D eigenvalue weighted by Crippen LogP contribution is -2.43. The molecule has 2 aromatic rings. The number of anilines is 1. The second kappa shape index (κ2) is 5.55. The van der Waals surface area contributed by atoms with Crippen LogP contribution in [-0.2, 0) is 9.59 Å². The van der Waals surface area contributed by atoms with Crippen molar-refractivity contribution in [2.75, 3.05) is 16.4 Å². The summed E-state index contributed by atoms with van der Waals surface area (Å²) >= 11 is 8.48. The molecule has 1 aromatic heterocycles. The lowest BCUT2D eigenvalue weighted by atomic mass is 10.2. The number of hydrogen-bond donors (Lipinski definition) is 0. The number of halogens is 1. The molecule has 2 heterocycles. The summed E-state index contributed by atoms with van der Waals surface area (Å²) in [5, 5.41) is 2.92. The highest BCUT2D eigenvalue weighted by molar-refractivity contribution is 8.00. The molecule has 1 saturated heterocycles. The Morgan fingerprint density at radius 3 is 2.40 bits per heavy atom. The van der Waals surface area contributed by atoms with Crippen molar-refractivity contribution < 1.29 is 9.59 Å². The second-order valence-corrected chi connectivity index (χ2v) is 6.40. The largest absolute Gasteiger partial charge is 0.273 e. The van der Waals surface area contributed by atoms with Gasteiger partial charge >= 0.3 is 0 Å². The van der Waals surface area contributed by atoms with Gasteiger partial charge in [0.2, 0.25) is 11.8 Å². The van der Waals surface area contributed by atoms with Crippen molar-refractivity contribution >= 4 is 51.6 Å². The van der Waals surface area contributed by atoms with Crippen LogP contribution in [0.4, 0.5) is 5.13 Å². The number of imide groups is 1. The monoisotopic (exact) mass is 324 g/mol. The average Bonchev–Trinajstić information content (AvgIpc) is 2.89. The number of amides is 2. The molecular weight excluding hydrogens is 316 g/mol. The third-order valence-electron chi connectivity index (χ3n) is 2.77. The maximum Gasteiger partial charge on any atom is 0.245 e. The molecule has 102 valence electrons. The molecule has 1 aliphatic rings. The Bertz CT molecular complexity index is 653.